The summed E-state index contributed by atoms with van der Waals surface area (Å²) in [7, 11) is 0. The smallest absolute Gasteiger partial charge is 0.319 e. The molecule has 2 N–H and O–H groups in total. The summed E-state index contributed by atoms with van der Waals surface area (Å²) in [5, 5.41) is 8.18. The van der Waals surface area contributed by atoms with Gasteiger partial charge in [-0.15, -0.1) is 6.42 Å². The molecule has 7 aromatic rings. The van der Waals surface area contributed by atoms with Crippen LogP contribution in [-0.2, 0) is 4.79 Å². The van der Waals surface area contributed by atoms with Crippen LogP contribution in [0.25, 0.3) is 32.9 Å². The Morgan fingerprint density at radius 2 is 1.64 bits per heavy atom. The minimum Gasteiger partial charge on any atom is -0.453 e. The molecule has 4 heterocycles. The van der Waals surface area contributed by atoms with E-state index in [-0.39, 0.29) is 41.5 Å². The summed E-state index contributed by atoms with van der Waals surface area (Å²) < 4.78 is 36.3. The maximum atomic E-state index is 17.4. The lowest BCUT2D eigenvalue weighted by molar-refractivity contribution is -0.118. The highest BCUT2D eigenvalue weighted by molar-refractivity contribution is 7.94. The fourth-order valence-corrected chi connectivity index (χ4v) is 8.04. The fourth-order valence-electron chi connectivity index (χ4n) is 7.80. The first-order valence-electron chi connectivity index (χ1n) is 18.9. The summed E-state index contributed by atoms with van der Waals surface area (Å²) in [5.41, 5.74) is 4.67. The Balaban J connectivity index is 1.16. The third kappa shape index (κ3) is 7.45. The summed E-state index contributed by atoms with van der Waals surface area (Å²) >= 11 is 0.114. The Labute approximate surface area is 337 Å². The van der Waals surface area contributed by atoms with E-state index in [1.807, 2.05) is 91.0 Å². The van der Waals surface area contributed by atoms with Crippen molar-refractivity contribution in [3.63, 3.8) is 0 Å². The number of anilines is 2. The van der Waals surface area contributed by atoms with Crippen LogP contribution in [0.5, 0.6) is 6.01 Å². The molecule has 0 radical (unpaired) electrons. The Morgan fingerprint density at radius 1 is 0.931 bits per heavy atom. The Morgan fingerprint density at radius 3 is 2.31 bits per heavy atom. The average molecular weight is 788 g/mol. The van der Waals surface area contributed by atoms with Gasteiger partial charge in [0.2, 0.25) is 0 Å². The summed E-state index contributed by atoms with van der Waals surface area (Å²) in [6.07, 6.45) is 9.69. The molecular formula is C46H35F2N7O2S. The van der Waals surface area contributed by atoms with Crippen molar-refractivity contribution in [1.82, 2.24) is 20.3 Å². The van der Waals surface area contributed by atoms with E-state index >= 15 is 4.39 Å². The molecule has 9 rings (SSSR count). The molecule has 2 unspecified atom stereocenters. The van der Waals surface area contributed by atoms with E-state index in [4.69, 9.17) is 26.1 Å². The molecule has 58 heavy (non-hydrogen) atoms. The molecule has 2 aliphatic rings. The number of carbonyl (C=O) groups excluding carboxylic acids is 1. The predicted octanol–water partition coefficient (Wildman–Crippen LogP) is 9.07. The molecule has 9 nitrogen and oxygen atoms in total. The number of hydrogen-bond donors (Lipinski definition) is 2. The normalized spacial score (nSPS) is 15.9. The number of nitrogens with one attached hydrogen (secondary N) is 2. The van der Waals surface area contributed by atoms with Crippen LogP contribution >= 0.6 is 12.1 Å². The highest BCUT2D eigenvalue weighted by Crippen LogP contribution is 2.39. The number of amides is 1. The van der Waals surface area contributed by atoms with Gasteiger partial charge in [0.25, 0.3) is 5.91 Å². The lowest BCUT2D eigenvalue weighted by Gasteiger charge is -2.34. The van der Waals surface area contributed by atoms with Crippen molar-refractivity contribution in [2.45, 2.75) is 29.8 Å². The van der Waals surface area contributed by atoms with Crippen molar-refractivity contribution in [1.29, 1.82) is 0 Å². The number of piperazine rings is 1. The first kappa shape index (κ1) is 36.9. The monoisotopic (exact) mass is 787 g/mol. The van der Waals surface area contributed by atoms with Gasteiger partial charge in [0, 0.05) is 69.6 Å². The fraction of sp³-hybridized carbons (Fsp3) is 0.152. The molecule has 286 valence electrons. The number of aromatic nitrogens is 3. The Hall–Kier alpha value is -6.68. The third-order valence-electron chi connectivity index (χ3n) is 10.4. The first-order chi connectivity index (χ1) is 28.4. The molecular weight excluding hydrogens is 753 g/mol. The van der Waals surface area contributed by atoms with Crippen molar-refractivity contribution in [2.75, 3.05) is 29.9 Å². The summed E-state index contributed by atoms with van der Waals surface area (Å²) in [4.78, 5) is 34.7. The number of hydrogen-bond acceptors (Lipinski definition) is 9. The maximum absolute atomic E-state index is 17.4. The second kappa shape index (κ2) is 16.1. The number of halogens is 2. The Bertz CT molecular complexity index is 2690. The molecule has 0 aliphatic carbocycles. The molecule has 2 aliphatic heterocycles. The topological polar surface area (TPSA) is 105 Å². The van der Waals surface area contributed by atoms with Crippen LogP contribution in [0.1, 0.15) is 29.5 Å². The van der Waals surface area contributed by atoms with Gasteiger partial charge in [0.05, 0.1) is 28.9 Å². The van der Waals surface area contributed by atoms with Gasteiger partial charge in [-0.25, -0.2) is 9.38 Å². The molecule has 12 heteroatoms. The largest absolute Gasteiger partial charge is 0.453 e. The first-order valence-corrected chi connectivity index (χ1v) is 19.6. The maximum Gasteiger partial charge on any atom is 0.319 e. The summed E-state index contributed by atoms with van der Waals surface area (Å²) in [6, 6.07) is 35.8. The second-order valence-electron chi connectivity index (χ2n) is 14.2. The number of nitrogens with zero attached hydrogens (tertiary/aromatic N) is 5. The van der Waals surface area contributed by atoms with Gasteiger partial charge >= 0.3 is 6.01 Å². The van der Waals surface area contributed by atoms with E-state index in [0.717, 1.165) is 35.1 Å². The number of aliphatic imine (C=N–C) groups is 1. The van der Waals surface area contributed by atoms with Crippen molar-refractivity contribution < 1.29 is 17.8 Å². The van der Waals surface area contributed by atoms with E-state index < -0.39 is 18.3 Å². The molecule has 2 bridgehead atoms. The number of terminal acetylenes is 1. The number of ether oxygens (including phenoxy) is 1. The highest BCUT2D eigenvalue weighted by atomic mass is 32.2. The molecule has 1 amide bonds. The lowest BCUT2D eigenvalue weighted by Crippen LogP contribution is -2.51. The van der Waals surface area contributed by atoms with Crippen LogP contribution in [0.3, 0.4) is 0 Å². The van der Waals surface area contributed by atoms with E-state index in [9.17, 15) is 8.68 Å². The van der Waals surface area contributed by atoms with E-state index in [1.54, 1.807) is 30.5 Å². The number of benzene rings is 5. The summed E-state index contributed by atoms with van der Waals surface area (Å²) in [6.45, 7) is 0.860. The summed E-state index contributed by atoms with van der Waals surface area (Å²) in [5.74, 6) is 2.06. The Kier molecular flexibility index (Phi) is 10.2. The highest BCUT2D eigenvalue weighted by Gasteiger charge is 2.34. The molecule has 2 aromatic heterocycles. The SMILES string of the molecule is C#Cc1cccc2cc(N=C(c3ccccc3)c3ccccc3)cc(-c3ncc4c(N5CC6CCC(C5)N6)nc(OCC(=O)Nc5ccc(SF)cc5)nc4c3F)c12. The zero-order chi connectivity index (χ0) is 39.6. The van der Waals surface area contributed by atoms with E-state index in [1.165, 1.54) is 0 Å². The van der Waals surface area contributed by atoms with Gasteiger partial charge in [-0.3, -0.25) is 9.78 Å². The zero-order valence-electron chi connectivity index (χ0n) is 31.0. The van der Waals surface area contributed by atoms with E-state index in [2.05, 4.69) is 26.4 Å². The zero-order valence-corrected chi connectivity index (χ0v) is 31.8. The standard InChI is InChI=1S/C46H35F2N7O2S/c1-2-28-14-9-15-31-22-35(52-42(29-10-5-3-6-11-29)30-12-7-4-8-13-30)23-37(40(28)31)43-41(47)44-38(24-49-43)45(55-25-33-16-17-34(26-55)50-33)54-46(53-44)57-27-39(56)51-32-18-20-36(58-48)21-19-32/h1,3-15,18-24,33-34,50H,16-17,25-27H2,(H,51,56). The van der Waals surface area contributed by atoms with Crippen molar-refractivity contribution in [2.24, 2.45) is 4.99 Å². The molecule has 0 spiro atoms. The van der Waals surface area contributed by atoms with Crippen molar-refractivity contribution in [3.05, 3.63) is 144 Å². The molecule has 0 saturated carbocycles. The van der Waals surface area contributed by atoms with Crippen molar-refractivity contribution >= 4 is 62.6 Å². The number of carbonyl (C=O) groups is 1. The molecule has 2 saturated heterocycles. The third-order valence-corrected chi connectivity index (χ3v) is 10.9. The molecule has 5 aromatic carbocycles. The molecule has 2 fully saturated rings. The minimum atomic E-state index is -0.694. The number of fused-ring (bicyclic) bond motifs is 4. The van der Waals surface area contributed by atoms with Gasteiger partial charge in [-0.2, -0.15) is 13.9 Å². The van der Waals surface area contributed by atoms with Gasteiger partial charge in [0.1, 0.15) is 17.0 Å². The average Bonchev–Trinajstić information content (AvgIpc) is 3.61. The van der Waals surface area contributed by atoms with Crippen LogP contribution < -0.4 is 20.3 Å². The van der Waals surface area contributed by atoms with E-state index in [0.29, 0.717) is 57.1 Å². The van der Waals surface area contributed by atoms with Gasteiger partial charge in [-0.05, 0) is 60.7 Å². The van der Waals surface area contributed by atoms with Crippen LogP contribution in [0.2, 0.25) is 0 Å². The second-order valence-corrected chi connectivity index (χ2v) is 14.9. The number of pyridine rings is 1. The van der Waals surface area contributed by atoms with Gasteiger partial charge in [-0.1, -0.05) is 78.7 Å². The van der Waals surface area contributed by atoms with Crippen LogP contribution in [-0.4, -0.2) is 58.4 Å². The molecule has 2 atom stereocenters. The number of rotatable bonds is 10. The van der Waals surface area contributed by atoms with Gasteiger partial charge < -0.3 is 20.3 Å². The van der Waals surface area contributed by atoms with Gasteiger partial charge in [0.15, 0.2) is 12.4 Å². The van der Waals surface area contributed by atoms with Crippen LogP contribution in [0.4, 0.5) is 25.5 Å². The minimum absolute atomic E-state index is 0.00916. The van der Waals surface area contributed by atoms with Crippen LogP contribution in [0.15, 0.2) is 131 Å². The predicted molar refractivity (Wildman–Crippen MR) is 226 cm³/mol. The van der Waals surface area contributed by atoms with Crippen LogP contribution in [0, 0.1) is 18.2 Å². The van der Waals surface area contributed by atoms with Crippen molar-refractivity contribution in [3.8, 4) is 29.6 Å². The quantitative estimate of drug-likeness (QED) is 0.105. The lowest BCUT2D eigenvalue weighted by atomic mass is 9.95.